The van der Waals surface area contributed by atoms with E-state index in [0.29, 0.717) is 11.1 Å². The number of H-pyrrole nitrogens is 1. The van der Waals surface area contributed by atoms with E-state index in [2.05, 4.69) is 20.6 Å². The van der Waals surface area contributed by atoms with Gasteiger partial charge in [-0.25, -0.2) is 4.79 Å². The molecule has 2 amide bonds. The molecule has 6 heteroatoms. The predicted octanol–water partition coefficient (Wildman–Crippen LogP) is 3.11. The Morgan fingerprint density at radius 3 is 2.88 bits per heavy atom. The van der Waals surface area contributed by atoms with Crippen molar-refractivity contribution >= 4 is 22.5 Å². The van der Waals surface area contributed by atoms with Gasteiger partial charge in [-0.15, -0.1) is 0 Å². The van der Waals surface area contributed by atoms with Gasteiger partial charge in [0.2, 0.25) is 0 Å². The summed E-state index contributed by atoms with van der Waals surface area (Å²) in [7, 11) is 0. The predicted molar refractivity (Wildman–Crippen MR) is 94.1 cm³/mol. The average molecular weight is 322 g/mol. The first kappa shape index (κ1) is 15.7. The lowest BCUT2D eigenvalue weighted by Gasteiger charge is -2.16. The van der Waals surface area contributed by atoms with E-state index in [1.807, 2.05) is 26.0 Å². The van der Waals surface area contributed by atoms with Crippen LogP contribution in [0.1, 0.15) is 24.2 Å². The van der Waals surface area contributed by atoms with Crippen molar-refractivity contribution in [2.75, 3.05) is 5.32 Å². The number of hydrogen-bond donors (Lipinski definition) is 3. The monoisotopic (exact) mass is 322 g/mol. The second kappa shape index (κ2) is 6.54. The Labute approximate surface area is 138 Å². The zero-order valence-electron chi connectivity index (χ0n) is 13.5. The third-order valence-corrected chi connectivity index (χ3v) is 3.84. The summed E-state index contributed by atoms with van der Waals surface area (Å²) in [6, 6.07) is 10.2. The second-order valence-corrected chi connectivity index (χ2v) is 5.63. The first-order valence-electron chi connectivity index (χ1n) is 7.65. The normalized spacial score (nSPS) is 11.9. The number of carbonyl (C=O) groups is 1. The zero-order valence-corrected chi connectivity index (χ0v) is 13.5. The van der Waals surface area contributed by atoms with Gasteiger partial charge in [-0.3, -0.25) is 9.78 Å². The van der Waals surface area contributed by atoms with Gasteiger partial charge in [0, 0.05) is 23.5 Å². The number of amides is 2. The molecule has 0 aliphatic heterocycles. The summed E-state index contributed by atoms with van der Waals surface area (Å²) in [5.74, 6) is 0. The highest BCUT2D eigenvalue weighted by molar-refractivity contribution is 5.93. The summed E-state index contributed by atoms with van der Waals surface area (Å²) in [4.78, 5) is 30.8. The fourth-order valence-corrected chi connectivity index (χ4v) is 2.65. The zero-order chi connectivity index (χ0) is 17.1. The number of nitrogens with zero attached hydrogens (tertiary/aromatic N) is 1. The van der Waals surface area contributed by atoms with Crippen molar-refractivity contribution < 1.29 is 4.79 Å². The standard InChI is InChI=1S/C18H18N4O2/c1-11-4-3-8-19-16(11)12(2)21-18(24)22-14-5-6-15-13(10-14)7-9-20-17(15)23/h3-10,12H,1-2H3,(H,20,23)(H2,21,22,24). The summed E-state index contributed by atoms with van der Waals surface area (Å²) in [5, 5.41) is 7.00. The highest BCUT2D eigenvalue weighted by Gasteiger charge is 2.13. The minimum atomic E-state index is -0.322. The van der Waals surface area contributed by atoms with Crippen LogP contribution in [0.2, 0.25) is 0 Å². The van der Waals surface area contributed by atoms with E-state index in [-0.39, 0.29) is 17.6 Å². The van der Waals surface area contributed by atoms with E-state index >= 15 is 0 Å². The SMILES string of the molecule is Cc1cccnc1C(C)NC(=O)Nc1ccc2c(=O)[nH]ccc2c1. The molecule has 1 aromatic carbocycles. The number of anilines is 1. The van der Waals surface area contributed by atoms with Crippen LogP contribution in [0.15, 0.2) is 53.6 Å². The number of benzene rings is 1. The van der Waals surface area contributed by atoms with Crippen LogP contribution >= 0.6 is 0 Å². The van der Waals surface area contributed by atoms with Gasteiger partial charge in [0.25, 0.3) is 5.56 Å². The van der Waals surface area contributed by atoms with E-state index in [0.717, 1.165) is 16.6 Å². The molecular formula is C18H18N4O2. The lowest BCUT2D eigenvalue weighted by atomic mass is 10.1. The molecule has 3 rings (SSSR count). The maximum absolute atomic E-state index is 12.2. The molecule has 1 atom stereocenters. The van der Waals surface area contributed by atoms with Crippen molar-refractivity contribution in [3.63, 3.8) is 0 Å². The number of fused-ring (bicyclic) bond motifs is 1. The smallest absolute Gasteiger partial charge is 0.319 e. The molecule has 0 radical (unpaired) electrons. The van der Waals surface area contributed by atoms with Crippen molar-refractivity contribution in [2.45, 2.75) is 19.9 Å². The molecule has 2 heterocycles. The van der Waals surface area contributed by atoms with Gasteiger partial charge < -0.3 is 15.6 Å². The van der Waals surface area contributed by atoms with Crippen LogP contribution in [-0.4, -0.2) is 16.0 Å². The van der Waals surface area contributed by atoms with Gasteiger partial charge in [-0.2, -0.15) is 0 Å². The third-order valence-electron chi connectivity index (χ3n) is 3.84. The number of carbonyl (C=O) groups excluding carboxylic acids is 1. The summed E-state index contributed by atoms with van der Waals surface area (Å²) >= 11 is 0. The number of hydrogen-bond acceptors (Lipinski definition) is 3. The highest BCUT2D eigenvalue weighted by atomic mass is 16.2. The maximum atomic E-state index is 12.2. The molecule has 0 aliphatic carbocycles. The Hall–Kier alpha value is -3.15. The van der Waals surface area contributed by atoms with Crippen molar-refractivity contribution in [3.8, 4) is 0 Å². The number of aryl methyl sites for hydroxylation is 1. The number of aromatic nitrogens is 2. The summed E-state index contributed by atoms with van der Waals surface area (Å²) < 4.78 is 0. The minimum absolute atomic E-state index is 0.150. The van der Waals surface area contributed by atoms with Crippen LogP contribution < -0.4 is 16.2 Å². The fourth-order valence-electron chi connectivity index (χ4n) is 2.65. The molecule has 2 aromatic heterocycles. The molecule has 122 valence electrons. The lowest BCUT2D eigenvalue weighted by molar-refractivity contribution is 0.249. The van der Waals surface area contributed by atoms with Crippen molar-refractivity contribution in [1.82, 2.24) is 15.3 Å². The van der Waals surface area contributed by atoms with E-state index in [9.17, 15) is 9.59 Å². The first-order chi connectivity index (χ1) is 11.5. The molecule has 1 unspecified atom stereocenters. The van der Waals surface area contributed by atoms with Crippen molar-refractivity contribution in [2.24, 2.45) is 0 Å². The number of aromatic amines is 1. The third kappa shape index (κ3) is 3.27. The Morgan fingerprint density at radius 1 is 1.25 bits per heavy atom. The average Bonchev–Trinajstić information content (AvgIpc) is 2.55. The van der Waals surface area contributed by atoms with Crippen molar-refractivity contribution in [1.29, 1.82) is 0 Å². The number of nitrogens with one attached hydrogen (secondary N) is 3. The number of urea groups is 1. The molecule has 24 heavy (non-hydrogen) atoms. The Balaban J connectivity index is 1.73. The van der Waals surface area contributed by atoms with Gasteiger partial charge in [0.1, 0.15) is 0 Å². The van der Waals surface area contributed by atoms with Crippen LogP contribution in [0.5, 0.6) is 0 Å². The van der Waals surface area contributed by atoms with Gasteiger partial charge in [0.05, 0.1) is 11.7 Å². The largest absolute Gasteiger partial charge is 0.330 e. The molecule has 3 N–H and O–H groups in total. The van der Waals surface area contributed by atoms with E-state index in [1.54, 1.807) is 36.7 Å². The number of pyridine rings is 2. The summed E-state index contributed by atoms with van der Waals surface area (Å²) in [6.45, 7) is 3.84. The molecule has 0 saturated carbocycles. The quantitative estimate of drug-likeness (QED) is 0.692. The number of rotatable bonds is 3. The minimum Gasteiger partial charge on any atom is -0.330 e. The fraction of sp³-hybridized carbons (Fsp3) is 0.167. The molecule has 0 bridgehead atoms. The van der Waals surface area contributed by atoms with Gasteiger partial charge >= 0.3 is 6.03 Å². The van der Waals surface area contributed by atoms with Crippen LogP contribution in [0.4, 0.5) is 10.5 Å². The summed E-state index contributed by atoms with van der Waals surface area (Å²) in [5.41, 5.74) is 2.33. The van der Waals surface area contributed by atoms with E-state index in [4.69, 9.17) is 0 Å². The maximum Gasteiger partial charge on any atom is 0.319 e. The molecule has 0 aliphatic rings. The molecule has 0 fully saturated rings. The van der Waals surface area contributed by atoms with Crippen LogP contribution in [0.25, 0.3) is 10.8 Å². The first-order valence-corrected chi connectivity index (χ1v) is 7.65. The second-order valence-electron chi connectivity index (χ2n) is 5.63. The molecule has 3 aromatic rings. The van der Waals surface area contributed by atoms with Crippen molar-refractivity contribution in [3.05, 3.63) is 70.4 Å². The topological polar surface area (TPSA) is 86.9 Å². The Kier molecular flexibility index (Phi) is 4.29. The Bertz CT molecular complexity index is 949. The van der Waals surface area contributed by atoms with Gasteiger partial charge in [-0.1, -0.05) is 6.07 Å². The Morgan fingerprint density at radius 2 is 2.08 bits per heavy atom. The van der Waals surface area contributed by atoms with E-state index in [1.165, 1.54) is 0 Å². The van der Waals surface area contributed by atoms with Crippen LogP contribution in [-0.2, 0) is 0 Å². The van der Waals surface area contributed by atoms with Gasteiger partial charge in [0.15, 0.2) is 0 Å². The van der Waals surface area contributed by atoms with Crippen LogP contribution in [0.3, 0.4) is 0 Å². The van der Waals surface area contributed by atoms with Crippen LogP contribution in [0, 0.1) is 6.92 Å². The lowest BCUT2D eigenvalue weighted by Crippen LogP contribution is -2.31. The molecular weight excluding hydrogens is 304 g/mol. The van der Waals surface area contributed by atoms with Gasteiger partial charge in [-0.05, 0) is 55.1 Å². The summed E-state index contributed by atoms with van der Waals surface area (Å²) in [6.07, 6.45) is 3.29. The highest BCUT2D eigenvalue weighted by Crippen LogP contribution is 2.17. The molecule has 0 spiro atoms. The van der Waals surface area contributed by atoms with E-state index < -0.39 is 0 Å². The molecule has 6 nitrogen and oxygen atoms in total. The molecule has 0 saturated heterocycles.